The topological polar surface area (TPSA) is 75.3 Å². The van der Waals surface area contributed by atoms with Crippen LogP contribution in [-0.4, -0.2) is 37.1 Å². The van der Waals surface area contributed by atoms with Gasteiger partial charge in [0.05, 0.1) is 7.11 Å². The molecule has 3 N–H and O–H groups in total. The van der Waals surface area contributed by atoms with Crippen molar-refractivity contribution in [2.75, 3.05) is 25.5 Å². The molecule has 1 aliphatic carbocycles. The number of carbonyl (C=O) groups is 1. The van der Waals surface area contributed by atoms with Crippen LogP contribution in [0.3, 0.4) is 0 Å². The number of benzene rings is 1. The minimum Gasteiger partial charge on any atom is -0.494 e. The van der Waals surface area contributed by atoms with Crippen molar-refractivity contribution < 1.29 is 13.9 Å². The van der Waals surface area contributed by atoms with Gasteiger partial charge in [0.2, 0.25) is 5.91 Å². The maximum Gasteiger partial charge on any atom is 0.228 e. The van der Waals surface area contributed by atoms with Crippen molar-refractivity contribution in [1.29, 1.82) is 0 Å². The molecule has 1 aliphatic heterocycles. The number of anilines is 1. The molecule has 2 aromatic rings. The van der Waals surface area contributed by atoms with E-state index >= 15 is 0 Å². The Bertz CT molecular complexity index is 915. The standard InChI is InChI=1S/C25H33FN4O2/c1-16(18-4-7-22(26)23(14-18)32-2)29-21-6-3-19(13-21)20-5-8-24(28-15-20)30-25(31)17-9-11-27-12-10-17/h4-5,7-8,14-17,19,21,27,29H,3,6,9-13H2,1-2H3,(H,28,30,31)/t16-,19-,21+/m1/s1. The van der Waals surface area contributed by atoms with E-state index in [0.29, 0.717) is 17.8 Å². The Morgan fingerprint density at radius 2 is 2.00 bits per heavy atom. The van der Waals surface area contributed by atoms with E-state index in [2.05, 4.69) is 33.9 Å². The summed E-state index contributed by atoms with van der Waals surface area (Å²) >= 11 is 0. The SMILES string of the molecule is COc1cc([C@@H](C)N[C@H]2CC[C@@H](c3ccc(NC(=O)C4CCNCC4)nc3)C2)ccc1F. The highest BCUT2D eigenvalue weighted by Crippen LogP contribution is 2.35. The zero-order valence-electron chi connectivity index (χ0n) is 18.9. The van der Waals surface area contributed by atoms with Crippen LogP contribution in [0.1, 0.15) is 62.1 Å². The van der Waals surface area contributed by atoms with E-state index in [-0.39, 0.29) is 29.4 Å². The van der Waals surface area contributed by atoms with E-state index in [1.54, 1.807) is 6.07 Å². The third-order valence-electron chi connectivity index (χ3n) is 6.81. The fraction of sp³-hybridized carbons (Fsp3) is 0.520. The van der Waals surface area contributed by atoms with Gasteiger partial charge in [-0.15, -0.1) is 0 Å². The number of halogens is 1. The predicted octanol–water partition coefficient (Wildman–Crippen LogP) is 4.15. The molecule has 1 saturated carbocycles. The number of rotatable bonds is 7. The van der Waals surface area contributed by atoms with Gasteiger partial charge in [-0.05, 0) is 87.4 Å². The molecule has 6 nitrogen and oxygen atoms in total. The van der Waals surface area contributed by atoms with Crippen molar-refractivity contribution >= 4 is 11.7 Å². The first-order valence-corrected chi connectivity index (χ1v) is 11.6. The molecule has 2 fully saturated rings. The Kier molecular flexibility index (Phi) is 7.37. The van der Waals surface area contributed by atoms with Crippen LogP contribution in [0.15, 0.2) is 36.5 Å². The molecule has 1 aromatic carbocycles. The van der Waals surface area contributed by atoms with Crippen LogP contribution >= 0.6 is 0 Å². The number of carbonyl (C=O) groups excluding carboxylic acids is 1. The third kappa shape index (κ3) is 5.45. The molecule has 1 amide bonds. The van der Waals surface area contributed by atoms with Gasteiger partial charge in [-0.25, -0.2) is 9.37 Å². The molecule has 1 aromatic heterocycles. The molecule has 2 heterocycles. The molecule has 0 bridgehead atoms. The van der Waals surface area contributed by atoms with Crippen molar-refractivity contribution in [2.45, 2.75) is 57.0 Å². The highest BCUT2D eigenvalue weighted by atomic mass is 19.1. The molecule has 3 atom stereocenters. The summed E-state index contributed by atoms with van der Waals surface area (Å²) in [6.45, 7) is 3.89. The minimum atomic E-state index is -0.340. The summed E-state index contributed by atoms with van der Waals surface area (Å²) in [6, 6.07) is 9.54. The van der Waals surface area contributed by atoms with E-state index < -0.39 is 0 Å². The van der Waals surface area contributed by atoms with Crippen molar-refractivity contribution in [3.63, 3.8) is 0 Å². The molecule has 1 saturated heterocycles. The number of ether oxygens (including phenoxy) is 1. The molecule has 0 radical (unpaired) electrons. The van der Waals surface area contributed by atoms with Crippen molar-refractivity contribution in [3.8, 4) is 5.75 Å². The summed E-state index contributed by atoms with van der Waals surface area (Å²) in [6.07, 6.45) is 6.87. The first-order valence-electron chi connectivity index (χ1n) is 11.6. The fourth-order valence-electron chi connectivity index (χ4n) is 4.86. The van der Waals surface area contributed by atoms with Gasteiger partial charge in [0.15, 0.2) is 11.6 Å². The second kappa shape index (κ2) is 10.4. The lowest BCUT2D eigenvalue weighted by molar-refractivity contribution is -0.120. The average Bonchev–Trinajstić information content (AvgIpc) is 3.28. The Balaban J connectivity index is 1.29. The van der Waals surface area contributed by atoms with Gasteiger partial charge < -0.3 is 20.7 Å². The van der Waals surface area contributed by atoms with Gasteiger partial charge in [-0.2, -0.15) is 0 Å². The van der Waals surface area contributed by atoms with Gasteiger partial charge in [-0.1, -0.05) is 12.1 Å². The lowest BCUT2D eigenvalue weighted by Gasteiger charge is -2.21. The smallest absolute Gasteiger partial charge is 0.228 e. The Morgan fingerprint density at radius 3 is 2.72 bits per heavy atom. The average molecular weight is 441 g/mol. The Morgan fingerprint density at radius 1 is 1.19 bits per heavy atom. The lowest BCUT2D eigenvalue weighted by atomic mass is 9.97. The van der Waals surface area contributed by atoms with E-state index in [1.807, 2.05) is 18.3 Å². The highest BCUT2D eigenvalue weighted by molar-refractivity contribution is 5.91. The van der Waals surface area contributed by atoms with Crippen LogP contribution in [0, 0.1) is 11.7 Å². The minimum absolute atomic E-state index is 0.0717. The molecular weight excluding hydrogens is 407 g/mol. The molecule has 0 spiro atoms. The number of aromatic nitrogens is 1. The van der Waals surface area contributed by atoms with E-state index in [0.717, 1.165) is 50.8 Å². The Hall–Kier alpha value is -2.51. The lowest BCUT2D eigenvalue weighted by Crippen LogP contribution is -2.34. The molecule has 7 heteroatoms. The van der Waals surface area contributed by atoms with Gasteiger partial charge >= 0.3 is 0 Å². The van der Waals surface area contributed by atoms with Crippen LogP contribution in [0.4, 0.5) is 10.2 Å². The summed E-state index contributed by atoms with van der Waals surface area (Å²) in [7, 11) is 1.49. The summed E-state index contributed by atoms with van der Waals surface area (Å²) in [4.78, 5) is 16.9. The number of methoxy groups -OCH3 is 1. The monoisotopic (exact) mass is 440 g/mol. The van der Waals surface area contributed by atoms with Crippen LogP contribution in [0.25, 0.3) is 0 Å². The number of amides is 1. The molecular formula is C25H33FN4O2. The van der Waals surface area contributed by atoms with Gasteiger partial charge in [0.25, 0.3) is 0 Å². The van der Waals surface area contributed by atoms with E-state index in [9.17, 15) is 9.18 Å². The third-order valence-corrected chi connectivity index (χ3v) is 6.81. The first-order chi connectivity index (χ1) is 15.5. The van der Waals surface area contributed by atoms with Crippen molar-refractivity contribution in [1.82, 2.24) is 15.6 Å². The number of hydrogen-bond acceptors (Lipinski definition) is 5. The summed E-state index contributed by atoms with van der Waals surface area (Å²) in [5.74, 6) is 1.16. The highest BCUT2D eigenvalue weighted by Gasteiger charge is 2.27. The van der Waals surface area contributed by atoms with E-state index in [1.165, 1.54) is 18.7 Å². The van der Waals surface area contributed by atoms with Crippen LogP contribution < -0.4 is 20.7 Å². The summed E-state index contributed by atoms with van der Waals surface area (Å²) in [5.41, 5.74) is 2.23. The largest absolute Gasteiger partial charge is 0.494 e. The Labute approximate surface area is 189 Å². The van der Waals surface area contributed by atoms with Gasteiger partial charge in [-0.3, -0.25) is 4.79 Å². The maximum absolute atomic E-state index is 13.7. The molecule has 2 aliphatic rings. The number of pyridine rings is 1. The normalized spacial score (nSPS) is 22.5. The van der Waals surface area contributed by atoms with Gasteiger partial charge in [0, 0.05) is 24.2 Å². The van der Waals surface area contributed by atoms with Crippen LogP contribution in [0.2, 0.25) is 0 Å². The quantitative estimate of drug-likeness (QED) is 0.603. The molecule has 172 valence electrons. The van der Waals surface area contributed by atoms with E-state index in [4.69, 9.17) is 4.74 Å². The number of piperidine rings is 1. The number of nitrogens with one attached hydrogen (secondary N) is 3. The summed E-state index contributed by atoms with van der Waals surface area (Å²) in [5, 5.41) is 9.93. The van der Waals surface area contributed by atoms with Gasteiger partial charge in [0.1, 0.15) is 5.82 Å². The van der Waals surface area contributed by atoms with Crippen molar-refractivity contribution in [3.05, 3.63) is 53.5 Å². The molecule has 32 heavy (non-hydrogen) atoms. The van der Waals surface area contributed by atoms with Crippen molar-refractivity contribution in [2.24, 2.45) is 5.92 Å². The second-order valence-corrected chi connectivity index (χ2v) is 8.98. The molecule has 4 rings (SSSR count). The first kappa shape index (κ1) is 22.7. The zero-order chi connectivity index (χ0) is 22.5. The number of nitrogens with zero attached hydrogens (tertiary/aromatic N) is 1. The maximum atomic E-state index is 13.7. The zero-order valence-corrected chi connectivity index (χ0v) is 18.9. The van der Waals surface area contributed by atoms with Crippen LogP contribution in [-0.2, 0) is 4.79 Å². The predicted molar refractivity (Wildman–Crippen MR) is 123 cm³/mol. The second-order valence-electron chi connectivity index (χ2n) is 8.98. The fourth-order valence-corrected chi connectivity index (χ4v) is 4.86. The summed E-state index contributed by atoms with van der Waals surface area (Å²) < 4.78 is 18.8. The number of hydrogen-bond donors (Lipinski definition) is 3. The van der Waals surface area contributed by atoms with Crippen LogP contribution in [0.5, 0.6) is 5.75 Å². The molecule has 0 unspecified atom stereocenters.